The highest BCUT2D eigenvalue weighted by Gasteiger charge is 2.32. The number of para-hydroxylation sites is 1. The van der Waals surface area contributed by atoms with Gasteiger partial charge in [-0.05, 0) is 26.0 Å². The van der Waals surface area contributed by atoms with Gasteiger partial charge in [-0.25, -0.2) is 0 Å². The Hall–Kier alpha value is -2.23. The van der Waals surface area contributed by atoms with E-state index in [4.69, 9.17) is 9.47 Å². The van der Waals surface area contributed by atoms with E-state index in [0.29, 0.717) is 11.3 Å². The number of nitrogens with zero attached hydrogens (tertiary/aromatic N) is 1. The van der Waals surface area contributed by atoms with E-state index in [1.54, 1.807) is 12.3 Å². The number of ketones is 1. The van der Waals surface area contributed by atoms with Crippen LogP contribution in [0.2, 0.25) is 0 Å². The molecule has 3 rings (SSSR count). The van der Waals surface area contributed by atoms with Crippen molar-refractivity contribution in [2.75, 3.05) is 6.61 Å². The number of aromatic nitrogens is 1. The van der Waals surface area contributed by atoms with E-state index < -0.39 is 0 Å². The van der Waals surface area contributed by atoms with Crippen molar-refractivity contribution in [3.05, 3.63) is 47.8 Å². The van der Waals surface area contributed by atoms with Gasteiger partial charge in [0.2, 0.25) is 5.78 Å². The van der Waals surface area contributed by atoms with Gasteiger partial charge in [0.05, 0.1) is 0 Å². The Balaban J connectivity index is 1.73. The van der Waals surface area contributed by atoms with Gasteiger partial charge in [-0.15, -0.1) is 0 Å². The van der Waals surface area contributed by atoms with E-state index >= 15 is 0 Å². The predicted molar refractivity (Wildman–Crippen MR) is 80.1 cm³/mol. The molecule has 4 heteroatoms. The number of carbonyl (C=O) groups excluding carboxylic acids is 1. The molecule has 0 unspecified atom stereocenters. The fraction of sp³-hybridized carbons (Fsp3) is 0.353. The summed E-state index contributed by atoms with van der Waals surface area (Å²) in [6.07, 6.45) is 4.49. The van der Waals surface area contributed by atoms with Crippen LogP contribution in [0.3, 0.4) is 0 Å². The maximum Gasteiger partial charge on any atom is 0.201 e. The smallest absolute Gasteiger partial charge is 0.201 e. The van der Waals surface area contributed by atoms with Crippen LogP contribution in [0.25, 0.3) is 0 Å². The third-order valence-corrected chi connectivity index (χ3v) is 3.57. The highest BCUT2D eigenvalue weighted by molar-refractivity contribution is 5.97. The van der Waals surface area contributed by atoms with Crippen molar-refractivity contribution < 1.29 is 14.3 Å². The van der Waals surface area contributed by atoms with Crippen LogP contribution >= 0.6 is 0 Å². The van der Waals surface area contributed by atoms with Crippen LogP contribution in [-0.4, -0.2) is 22.6 Å². The minimum absolute atomic E-state index is 0.0181. The van der Waals surface area contributed by atoms with Gasteiger partial charge >= 0.3 is 0 Å². The van der Waals surface area contributed by atoms with Crippen LogP contribution in [-0.2, 0) is 13.5 Å². The maximum absolute atomic E-state index is 12.1. The molecule has 0 bridgehead atoms. The van der Waals surface area contributed by atoms with Gasteiger partial charge in [0.15, 0.2) is 18.1 Å². The van der Waals surface area contributed by atoms with Gasteiger partial charge in [-0.3, -0.25) is 4.79 Å². The van der Waals surface area contributed by atoms with Gasteiger partial charge in [0.25, 0.3) is 0 Å². The first kappa shape index (κ1) is 13.7. The molecule has 4 nitrogen and oxygen atoms in total. The van der Waals surface area contributed by atoms with E-state index in [9.17, 15) is 4.79 Å². The number of rotatable bonds is 4. The van der Waals surface area contributed by atoms with Crippen molar-refractivity contribution in [2.45, 2.75) is 25.9 Å². The molecule has 1 aromatic carbocycles. The second-order valence-corrected chi connectivity index (χ2v) is 6.06. The fourth-order valence-electron chi connectivity index (χ4n) is 2.60. The maximum atomic E-state index is 12.1. The first-order valence-corrected chi connectivity index (χ1v) is 7.03. The average molecular weight is 285 g/mol. The molecule has 21 heavy (non-hydrogen) atoms. The molecule has 0 N–H and O–H groups in total. The molecule has 0 atom stereocenters. The molecule has 1 aliphatic rings. The first-order valence-electron chi connectivity index (χ1n) is 7.03. The molecule has 0 saturated heterocycles. The molecule has 110 valence electrons. The Bertz CT molecular complexity index is 685. The zero-order valence-corrected chi connectivity index (χ0v) is 12.6. The Labute approximate surface area is 124 Å². The SMILES string of the molecule is Cn1ccc(C(=O)COc2cccc3c2OC(C)(C)C3)c1. The van der Waals surface area contributed by atoms with E-state index in [-0.39, 0.29) is 18.0 Å². The van der Waals surface area contributed by atoms with E-state index in [2.05, 4.69) is 0 Å². The van der Waals surface area contributed by atoms with Crippen molar-refractivity contribution in [3.8, 4) is 11.5 Å². The minimum Gasteiger partial charge on any atom is -0.483 e. The van der Waals surface area contributed by atoms with Gasteiger partial charge in [-0.1, -0.05) is 12.1 Å². The van der Waals surface area contributed by atoms with Crippen LogP contribution in [0.4, 0.5) is 0 Å². The molecule has 0 aliphatic carbocycles. The number of fused-ring (bicyclic) bond motifs is 1. The molecular formula is C17H19NO3. The molecule has 1 aromatic heterocycles. The lowest BCUT2D eigenvalue weighted by molar-refractivity contribution is 0.0912. The number of hydrogen-bond donors (Lipinski definition) is 0. The van der Waals surface area contributed by atoms with Crippen molar-refractivity contribution >= 4 is 5.78 Å². The number of carbonyl (C=O) groups is 1. The third kappa shape index (κ3) is 2.79. The summed E-state index contributed by atoms with van der Waals surface area (Å²) in [6, 6.07) is 7.61. The summed E-state index contributed by atoms with van der Waals surface area (Å²) in [5.74, 6) is 1.37. The van der Waals surface area contributed by atoms with Crippen molar-refractivity contribution in [2.24, 2.45) is 7.05 Å². The third-order valence-electron chi connectivity index (χ3n) is 3.57. The Kier molecular flexibility index (Phi) is 3.24. The standard InChI is InChI=1S/C17H19NO3/c1-17(2)9-12-5-4-6-15(16(12)21-17)20-11-14(19)13-7-8-18(3)10-13/h4-8,10H,9,11H2,1-3H3. The fourth-order valence-corrected chi connectivity index (χ4v) is 2.60. The summed E-state index contributed by atoms with van der Waals surface area (Å²) >= 11 is 0. The molecular weight excluding hydrogens is 266 g/mol. The molecule has 0 fully saturated rings. The van der Waals surface area contributed by atoms with Crippen molar-refractivity contribution in [1.29, 1.82) is 0 Å². The summed E-state index contributed by atoms with van der Waals surface area (Å²) in [5, 5.41) is 0. The summed E-state index contributed by atoms with van der Waals surface area (Å²) in [7, 11) is 1.89. The van der Waals surface area contributed by atoms with Crippen LogP contribution in [0.5, 0.6) is 11.5 Å². The highest BCUT2D eigenvalue weighted by atomic mass is 16.5. The van der Waals surface area contributed by atoms with Gasteiger partial charge in [0.1, 0.15) is 5.60 Å². The highest BCUT2D eigenvalue weighted by Crippen LogP contribution is 2.41. The van der Waals surface area contributed by atoms with Crippen LogP contribution in [0.1, 0.15) is 29.8 Å². The van der Waals surface area contributed by atoms with E-state index in [1.165, 1.54) is 0 Å². The molecule has 1 aliphatic heterocycles. The van der Waals surface area contributed by atoms with E-state index in [1.807, 2.05) is 49.9 Å². The van der Waals surface area contributed by atoms with Crippen LogP contribution < -0.4 is 9.47 Å². The normalized spacial score (nSPS) is 15.4. The number of aryl methyl sites for hydroxylation is 1. The topological polar surface area (TPSA) is 40.5 Å². The Morgan fingerprint density at radius 2 is 2.19 bits per heavy atom. The number of benzene rings is 1. The molecule has 0 amide bonds. The van der Waals surface area contributed by atoms with Crippen LogP contribution in [0, 0.1) is 0 Å². The van der Waals surface area contributed by atoms with Gasteiger partial charge in [0, 0.05) is 37.0 Å². The zero-order valence-electron chi connectivity index (χ0n) is 12.6. The predicted octanol–water partition coefficient (Wildman–Crippen LogP) is 3.00. The molecule has 2 heterocycles. The monoisotopic (exact) mass is 285 g/mol. The number of hydrogen-bond acceptors (Lipinski definition) is 3. The Morgan fingerprint density at radius 3 is 2.90 bits per heavy atom. The largest absolute Gasteiger partial charge is 0.483 e. The lowest BCUT2D eigenvalue weighted by atomic mass is 10.0. The number of Topliss-reactive ketones (excluding diaryl/α,β-unsaturated/α-hetero) is 1. The minimum atomic E-state index is -0.217. The summed E-state index contributed by atoms with van der Waals surface area (Å²) in [5.41, 5.74) is 1.57. The Morgan fingerprint density at radius 1 is 1.38 bits per heavy atom. The quantitative estimate of drug-likeness (QED) is 0.811. The summed E-state index contributed by atoms with van der Waals surface area (Å²) in [4.78, 5) is 12.1. The molecule has 0 spiro atoms. The van der Waals surface area contributed by atoms with Crippen molar-refractivity contribution in [1.82, 2.24) is 4.57 Å². The number of ether oxygens (including phenoxy) is 2. The average Bonchev–Trinajstić information content (AvgIpc) is 2.97. The first-order chi connectivity index (χ1) is 9.94. The molecule has 0 radical (unpaired) electrons. The summed E-state index contributed by atoms with van der Waals surface area (Å²) < 4.78 is 13.5. The zero-order chi connectivity index (χ0) is 15.0. The second-order valence-electron chi connectivity index (χ2n) is 6.06. The van der Waals surface area contributed by atoms with Gasteiger partial charge in [-0.2, -0.15) is 0 Å². The lowest BCUT2D eigenvalue weighted by Gasteiger charge is -2.18. The lowest BCUT2D eigenvalue weighted by Crippen LogP contribution is -2.24. The van der Waals surface area contributed by atoms with E-state index in [0.717, 1.165) is 17.7 Å². The van der Waals surface area contributed by atoms with Gasteiger partial charge < -0.3 is 14.0 Å². The second kappa shape index (κ2) is 4.95. The molecule has 0 saturated carbocycles. The molecule has 2 aromatic rings. The van der Waals surface area contributed by atoms with Crippen molar-refractivity contribution in [3.63, 3.8) is 0 Å². The van der Waals surface area contributed by atoms with Crippen LogP contribution in [0.15, 0.2) is 36.7 Å². The summed E-state index contributed by atoms with van der Waals surface area (Å²) in [6.45, 7) is 4.11.